The van der Waals surface area contributed by atoms with Crippen molar-refractivity contribution >= 4 is 0 Å². The van der Waals surface area contributed by atoms with Crippen molar-refractivity contribution in [1.82, 2.24) is 10.2 Å². The Bertz CT molecular complexity index is 795. The summed E-state index contributed by atoms with van der Waals surface area (Å²) in [5, 5.41) is 13.4. The summed E-state index contributed by atoms with van der Waals surface area (Å²) < 4.78 is 48.4. The molecule has 1 aliphatic rings. The fourth-order valence-corrected chi connectivity index (χ4v) is 3.78. The summed E-state index contributed by atoms with van der Waals surface area (Å²) in [6, 6.07) is 17.2. The lowest BCUT2D eigenvalue weighted by atomic mass is 9.96. The van der Waals surface area contributed by atoms with E-state index in [1.807, 2.05) is 59.5 Å². The monoisotopic (exact) mass is 466 g/mol. The summed E-state index contributed by atoms with van der Waals surface area (Å²) in [4.78, 5) is 1.88. The van der Waals surface area contributed by atoms with Crippen molar-refractivity contribution in [3.05, 3.63) is 60.2 Å². The van der Waals surface area contributed by atoms with Gasteiger partial charge >= 0.3 is 6.18 Å². The highest BCUT2D eigenvalue weighted by Gasteiger charge is 2.29. The smallest absolute Gasteiger partial charge is 0.390 e. The minimum atomic E-state index is -4.09. The molecule has 8 heteroatoms. The Labute approximate surface area is 193 Å². The molecule has 0 spiro atoms. The van der Waals surface area contributed by atoms with Gasteiger partial charge in [-0.1, -0.05) is 30.3 Å². The fraction of sp³-hybridized carbons (Fsp3) is 0.520. The first-order valence-electron chi connectivity index (χ1n) is 11.4. The average molecular weight is 467 g/mol. The normalized spacial score (nSPS) is 16.5. The maximum atomic E-state index is 12.3. The third kappa shape index (κ3) is 10.0. The van der Waals surface area contributed by atoms with E-state index in [0.29, 0.717) is 37.9 Å². The molecule has 33 heavy (non-hydrogen) atoms. The molecule has 1 fully saturated rings. The quantitative estimate of drug-likeness (QED) is 0.490. The minimum absolute atomic E-state index is 0.0832. The zero-order chi connectivity index (χ0) is 23.5. The molecule has 0 radical (unpaired) electrons. The number of benzene rings is 2. The lowest BCUT2D eigenvalue weighted by Gasteiger charge is -2.32. The standard InChI is InChI=1S/C25H33F3N2O3/c26-25(27,28)12-15-30-13-10-20(11-14-30)16-29-17-22(31)19-33-24-8-6-23(7-9-24)32-18-21-4-2-1-3-5-21/h1-9,20,22,29,31H,10-19H2/t22-/m0/s1. The molecular formula is C25H33F3N2O3. The van der Waals surface area contributed by atoms with Crippen LogP contribution in [0, 0.1) is 5.92 Å². The molecule has 0 unspecified atom stereocenters. The molecule has 3 rings (SSSR count). The number of hydrogen-bond donors (Lipinski definition) is 2. The van der Waals surface area contributed by atoms with Crippen LogP contribution < -0.4 is 14.8 Å². The third-order valence-corrected chi connectivity index (χ3v) is 5.75. The van der Waals surface area contributed by atoms with Crippen molar-refractivity contribution in [1.29, 1.82) is 0 Å². The van der Waals surface area contributed by atoms with Gasteiger partial charge in [-0.25, -0.2) is 0 Å². The second-order valence-corrected chi connectivity index (χ2v) is 8.52. The van der Waals surface area contributed by atoms with E-state index in [1.54, 1.807) is 0 Å². The number of nitrogens with one attached hydrogen (secondary N) is 1. The Balaban J connectivity index is 1.25. The van der Waals surface area contributed by atoms with Crippen LogP contribution in [-0.4, -0.2) is 61.6 Å². The number of likely N-dealkylation sites (tertiary alicyclic amines) is 1. The Morgan fingerprint density at radius 1 is 0.970 bits per heavy atom. The van der Waals surface area contributed by atoms with E-state index in [1.165, 1.54) is 0 Å². The number of rotatable bonds is 12. The van der Waals surface area contributed by atoms with Gasteiger partial charge < -0.3 is 24.8 Å². The number of hydrogen-bond acceptors (Lipinski definition) is 5. The molecule has 1 atom stereocenters. The van der Waals surface area contributed by atoms with Crippen LogP contribution in [0.3, 0.4) is 0 Å². The predicted octanol–water partition coefficient (Wildman–Crippen LogP) is 4.26. The first kappa shape index (κ1) is 25.3. The van der Waals surface area contributed by atoms with Crippen LogP contribution in [0.15, 0.2) is 54.6 Å². The highest BCUT2D eigenvalue weighted by Crippen LogP contribution is 2.23. The van der Waals surface area contributed by atoms with Gasteiger partial charge in [0.05, 0.1) is 6.42 Å². The first-order chi connectivity index (χ1) is 15.9. The molecule has 1 aliphatic heterocycles. The summed E-state index contributed by atoms with van der Waals surface area (Å²) in [6.07, 6.45) is -3.74. The number of halogens is 3. The van der Waals surface area contributed by atoms with Crippen LogP contribution in [0.5, 0.6) is 11.5 Å². The van der Waals surface area contributed by atoms with Crippen LogP contribution in [0.25, 0.3) is 0 Å². The molecule has 5 nitrogen and oxygen atoms in total. The van der Waals surface area contributed by atoms with Crippen molar-refractivity contribution < 1.29 is 27.8 Å². The number of aliphatic hydroxyl groups is 1. The molecule has 2 aromatic carbocycles. The predicted molar refractivity (Wildman–Crippen MR) is 121 cm³/mol. The maximum absolute atomic E-state index is 12.3. The van der Waals surface area contributed by atoms with Gasteiger partial charge in [0.25, 0.3) is 0 Å². The fourth-order valence-electron chi connectivity index (χ4n) is 3.78. The lowest BCUT2D eigenvalue weighted by Crippen LogP contribution is -2.40. The van der Waals surface area contributed by atoms with Gasteiger partial charge in [0, 0.05) is 13.1 Å². The number of aliphatic hydroxyl groups excluding tert-OH is 1. The van der Waals surface area contributed by atoms with Crippen LogP contribution in [0.1, 0.15) is 24.8 Å². The van der Waals surface area contributed by atoms with Crippen LogP contribution in [0.4, 0.5) is 13.2 Å². The topological polar surface area (TPSA) is 54.0 Å². The second-order valence-electron chi connectivity index (χ2n) is 8.52. The third-order valence-electron chi connectivity index (χ3n) is 5.75. The molecule has 0 aliphatic carbocycles. The summed E-state index contributed by atoms with van der Waals surface area (Å²) in [7, 11) is 0. The molecule has 0 saturated carbocycles. The SMILES string of the molecule is O[C@@H](CNCC1CCN(CCC(F)(F)F)CC1)COc1ccc(OCc2ccccc2)cc1. The molecule has 0 amide bonds. The molecule has 182 valence electrons. The van der Waals surface area contributed by atoms with Gasteiger partial charge in [0.15, 0.2) is 0 Å². The number of piperidine rings is 1. The molecule has 0 bridgehead atoms. The van der Waals surface area contributed by atoms with E-state index >= 15 is 0 Å². The second kappa shape index (κ2) is 12.8. The molecule has 0 aromatic heterocycles. The summed E-state index contributed by atoms with van der Waals surface area (Å²) in [5.74, 6) is 1.83. The molecular weight excluding hydrogens is 433 g/mol. The van der Waals surface area contributed by atoms with E-state index in [4.69, 9.17) is 9.47 Å². The van der Waals surface area contributed by atoms with Crippen molar-refractivity contribution in [2.75, 3.05) is 39.3 Å². The van der Waals surface area contributed by atoms with Gasteiger partial charge in [0.1, 0.15) is 30.8 Å². The van der Waals surface area contributed by atoms with E-state index < -0.39 is 18.7 Å². The zero-order valence-corrected chi connectivity index (χ0v) is 18.8. The van der Waals surface area contributed by atoms with Gasteiger partial charge in [-0.05, 0) is 68.2 Å². The molecule has 1 heterocycles. The Morgan fingerprint density at radius 2 is 1.61 bits per heavy atom. The van der Waals surface area contributed by atoms with Crippen molar-refractivity contribution in [2.45, 2.75) is 38.1 Å². The minimum Gasteiger partial charge on any atom is -0.491 e. The highest BCUT2D eigenvalue weighted by atomic mass is 19.4. The Kier molecular flexibility index (Phi) is 9.84. The van der Waals surface area contributed by atoms with Crippen LogP contribution in [0.2, 0.25) is 0 Å². The summed E-state index contributed by atoms with van der Waals surface area (Å²) >= 11 is 0. The van der Waals surface area contributed by atoms with Crippen LogP contribution in [-0.2, 0) is 6.61 Å². The molecule has 2 aromatic rings. The summed E-state index contributed by atoms with van der Waals surface area (Å²) in [5.41, 5.74) is 1.10. The van der Waals surface area contributed by atoms with Gasteiger partial charge in [0.2, 0.25) is 0 Å². The number of alkyl halides is 3. The van der Waals surface area contributed by atoms with Gasteiger partial charge in [-0.15, -0.1) is 0 Å². The summed E-state index contributed by atoms with van der Waals surface area (Å²) in [6.45, 7) is 3.30. The molecule has 2 N–H and O–H groups in total. The molecule has 1 saturated heterocycles. The van der Waals surface area contributed by atoms with E-state index in [-0.39, 0.29) is 13.2 Å². The van der Waals surface area contributed by atoms with E-state index in [0.717, 1.165) is 30.7 Å². The van der Waals surface area contributed by atoms with Crippen molar-refractivity contribution in [3.8, 4) is 11.5 Å². The lowest BCUT2D eigenvalue weighted by molar-refractivity contribution is -0.138. The Morgan fingerprint density at radius 3 is 2.24 bits per heavy atom. The zero-order valence-electron chi connectivity index (χ0n) is 18.8. The van der Waals surface area contributed by atoms with Crippen molar-refractivity contribution in [2.24, 2.45) is 5.92 Å². The van der Waals surface area contributed by atoms with Crippen LogP contribution >= 0.6 is 0 Å². The number of nitrogens with zero attached hydrogens (tertiary/aromatic N) is 1. The number of ether oxygens (including phenoxy) is 2. The van der Waals surface area contributed by atoms with Crippen molar-refractivity contribution in [3.63, 3.8) is 0 Å². The van der Waals surface area contributed by atoms with Gasteiger partial charge in [-0.3, -0.25) is 0 Å². The van der Waals surface area contributed by atoms with E-state index in [2.05, 4.69) is 5.32 Å². The van der Waals surface area contributed by atoms with E-state index in [9.17, 15) is 18.3 Å². The largest absolute Gasteiger partial charge is 0.491 e. The van der Waals surface area contributed by atoms with Gasteiger partial charge in [-0.2, -0.15) is 13.2 Å². The Hall–Kier alpha value is -2.29. The maximum Gasteiger partial charge on any atom is 0.390 e. The highest BCUT2D eigenvalue weighted by molar-refractivity contribution is 5.31. The first-order valence-corrected chi connectivity index (χ1v) is 11.4. The average Bonchev–Trinajstić information content (AvgIpc) is 2.82.